The number of pyridine rings is 1. The van der Waals surface area contributed by atoms with Crippen molar-refractivity contribution in [3.8, 4) is 33.6 Å². The van der Waals surface area contributed by atoms with E-state index in [0.29, 0.717) is 5.02 Å². The molecule has 4 aromatic rings. The third-order valence-electron chi connectivity index (χ3n) is 4.17. The predicted octanol–water partition coefficient (Wildman–Crippen LogP) is 7.50. The van der Waals surface area contributed by atoms with E-state index in [9.17, 15) is 0 Å². The second-order valence-corrected chi connectivity index (χ2v) is 7.37. The zero-order valence-corrected chi connectivity index (χ0v) is 16.2. The number of aromatic nitrogens is 1. The molecule has 26 heavy (non-hydrogen) atoms. The minimum absolute atomic E-state index is 0.707. The highest BCUT2D eigenvalue weighted by Crippen LogP contribution is 2.31. The van der Waals surface area contributed by atoms with Crippen molar-refractivity contribution in [1.29, 1.82) is 0 Å². The van der Waals surface area contributed by atoms with Crippen LogP contribution in [0, 0.1) is 0 Å². The van der Waals surface area contributed by atoms with Gasteiger partial charge in [0.05, 0.1) is 11.4 Å². The standard InChI is InChI=1S/C23H15BrClN/c24-20-10-4-8-17(12-20)19-14-22(16-6-2-1-3-7-16)26-23(15-19)18-9-5-11-21(25)13-18/h1-15H. The lowest BCUT2D eigenvalue weighted by Crippen LogP contribution is -1.91. The summed E-state index contributed by atoms with van der Waals surface area (Å²) in [6.07, 6.45) is 0. The smallest absolute Gasteiger partial charge is 0.0716 e. The van der Waals surface area contributed by atoms with Crippen LogP contribution < -0.4 is 0 Å². The molecule has 3 heteroatoms. The van der Waals surface area contributed by atoms with E-state index in [1.165, 1.54) is 0 Å². The van der Waals surface area contributed by atoms with Gasteiger partial charge in [-0.1, -0.05) is 82.1 Å². The Hall–Kier alpha value is -2.42. The fourth-order valence-corrected chi connectivity index (χ4v) is 3.51. The Morgan fingerprint density at radius 3 is 1.96 bits per heavy atom. The third-order valence-corrected chi connectivity index (χ3v) is 4.90. The van der Waals surface area contributed by atoms with E-state index in [0.717, 1.165) is 38.1 Å². The van der Waals surface area contributed by atoms with Gasteiger partial charge < -0.3 is 0 Å². The maximum Gasteiger partial charge on any atom is 0.0716 e. The van der Waals surface area contributed by atoms with Crippen molar-refractivity contribution in [3.05, 3.63) is 100 Å². The summed E-state index contributed by atoms with van der Waals surface area (Å²) in [6.45, 7) is 0. The highest BCUT2D eigenvalue weighted by atomic mass is 79.9. The minimum atomic E-state index is 0.707. The largest absolute Gasteiger partial charge is 0.248 e. The Kier molecular flexibility index (Phi) is 4.87. The first-order valence-electron chi connectivity index (χ1n) is 8.28. The van der Waals surface area contributed by atoms with Crippen molar-refractivity contribution < 1.29 is 0 Å². The molecule has 0 aliphatic rings. The molecule has 0 saturated carbocycles. The van der Waals surface area contributed by atoms with Gasteiger partial charge in [-0.3, -0.25) is 0 Å². The van der Waals surface area contributed by atoms with Gasteiger partial charge in [-0.05, 0) is 47.5 Å². The fraction of sp³-hybridized carbons (Fsp3) is 0. The van der Waals surface area contributed by atoms with Gasteiger partial charge in [0.15, 0.2) is 0 Å². The molecule has 4 rings (SSSR count). The lowest BCUT2D eigenvalue weighted by Gasteiger charge is -2.11. The van der Waals surface area contributed by atoms with Crippen molar-refractivity contribution >= 4 is 27.5 Å². The predicted molar refractivity (Wildman–Crippen MR) is 113 cm³/mol. The van der Waals surface area contributed by atoms with Crippen molar-refractivity contribution in [2.75, 3.05) is 0 Å². The van der Waals surface area contributed by atoms with Gasteiger partial charge in [-0.25, -0.2) is 4.98 Å². The monoisotopic (exact) mass is 419 g/mol. The summed E-state index contributed by atoms with van der Waals surface area (Å²) in [5, 5.41) is 0.707. The molecule has 1 aromatic heterocycles. The lowest BCUT2D eigenvalue weighted by atomic mass is 10.00. The Bertz CT molecular complexity index is 997. The lowest BCUT2D eigenvalue weighted by molar-refractivity contribution is 1.32. The van der Waals surface area contributed by atoms with E-state index in [4.69, 9.17) is 16.6 Å². The van der Waals surface area contributed by atoms with Gasteiger partial charge in [-0.15, -0.1) is 0 Å². The average Bonchev–Trinajstić information content (AvgIpc) is 2.68. The molecule has 0 aliphatic heterocycles. The number of hydrogen-bond acceptors (Lipinski definition) is 1. The van der Waals surface area contributed by atoms with Crippen LogP contribution in [0.25, 0.3) is 33.6 Å². The summed E-state index contributed by atoms with van der Waals surface area (Å²) < 4.78 is 1.05. The van der Waals surface area contributed by atoms with Gasteiger partial charge >= 0.3 is 0 Å². The van der Waals surface area contributed by atoms with E-state index >= 15 is 0 Å². The van der Waals surface area contributed by atoms with E-state index in [1.54, 1.807) is 0 Å². The first-order chi connectivity index (χ1) is 12.7. The molecule has 0 spiro atoms. The molecule has 0 aliphatic carbocycles. The van der Waals surface area contributed by atoms with Gasteiger partial charge in [0.25, 0.3) is 0 Å². The molecule has 0 atom stereocenters. The topological polar surface area (TPSA) is 12.9 Å². The second kappa shape index (κ2) is 7.45. The van der Waals surface area contributed by atoms with Crippen LogP contribution in [0.3, 0.4) is 0 Å². The Labute approximate surface area is 166 Å². The zero-order valence-electron chi connectivity index (χ0n) is 13.9. The van der Waals surface area contributed by atoms with E-state index < -0.39 is 0 Å². The van der Waals surface area contributed by atoms with Crippen LogP contribution in [0.4, 0.5) is 0 Å². The van der Waals surface area contributed by atoms with Crippen LogP contribution in [0.5, 0.6) is 0 Å². The van der Waals surface area contributed by atoms with Crippen molar-refractivity contribution in [1.82, 2.24) is 4.98 Å². The number of halogens is 2. The van der Waals surface area contributed by atoms with E-state index in [2.05, 4.69) is 52.3 Å². The molecular weight excluding hydrogens is 406 g/mol. The second-order valence-electron chi connectivity index (χ2n) is 6.01. The average molecular weight is 421 g/mol. The summed E-state index contributed by atoms with van der Waals surface area (Å²) in [4.78, 5) is 4.89. The van der Waals surface area contributed by atoms with Crippen LogP contribution in [-0.4, -0.2) is 4.98 Å². The molecule has 1 heterocycles. The molecule has 0 bridgehead atoms. The molecule has 0 saturated heterocycles. The van der Waals surface area contributed by atoms with Crippen LogP contribution in [0.1, 0.15) is 0 Å². The summed E-state index contributed by atoms with van der Waals surface area (Å²) >= 11 is 9.76. The zero-order chi connectivity index (χ0) is 17.9. The molecule has 0 amide bonds. The van der Waals surface area contributed by atoms with E-state index in [-0.39, 0.29) is 0 Å². The number of hydrogen-bond donors (Lipinski definition) is 0. The number of nitrogens with zero attached hydrogens (tertiary/aromatic N) is 1. The molecule has 126 valence electrons. The highest BCUT2D eigenvalue weighted by Gasteiger charge is 2.09. The number of rotatable bonds is 3. The third kappa shape index (κ3) is 3.72. The summed E-state index contributed by atoms with van der Waals surface area (Å²) in [5.41, 5.74) is 6.21. The van der Waals surface area contributed by atoms with Crippen LogP contribution in [0.15, 0.2) is 95.5 Å². The maximum atomic E-state index is 6.20. The SMILES string of the molecule is Clc1cccc(-c2cc(-c3cccc(Br)c3)cc(-c3ccccc3)n2)c1. The van der Waals surface area contributed by atoms with Gasteiger partial charge in [0, 0.05) is 20.6 Å². The van der Waals surface area contributed by atoms with Crippen molar-refractivity contribution in [2.24, 2.45) is 0 Å². The molecule has 0 fully saturated rings. The first kappa shape index (κ1) is 17.0. The maximum absolute atomic E-state index is 6.20. The van der Waals surface area contributed by atoms with Gasteiger partial charge in [-0.2, -0.15) is 0 Å². The molecule has 3 aromatic carbocycles. The first-order valence-corrected chi connectivity index (χ1v) is 9.45. The van der Waals surface area contributed by atoms with Crippen LogP contribution in [-0.2, 0) is 0 Å². The quantitative estimate of drug-likeness (QED) is 0.334. The molecule has 0 N–H and O–H groups in total. The highest BCUT2D eigenvalue weighted by molar-refractivity contribution is 9.10. The normalized spacial score (nSPS) is 10.7. The fourth-order valence-electron chi connectivity index (χ4n) is 2.92. The molecule has 1 nitrogen and oxygen atoms in total. The minimum Gasteiger partial charge on any atom is -0.248 e. The Balaban J connectivity index is 1.93. The summed E-state index contributed by atoms with van der Waals surface area (Å²) in [6, 6.07) is 30.6. The van der Waals surface area contributed by atoms with Crippen molar-refractivity contribution in [2.45, 2.75) is 0 Å². The van der Waals surface area contributed by atoms with Crippen LogP contribution in [0.2, 0.25) is 5.02 Å². The summed E-state index contributed by atoms with van der Waals surface area (Å²) in [5.74, 6) is 0. The Morgan fingerprint density at radius 1 is 0.577 bits per heavy atom. The van der Waals surface area contributed by atoms with Gasteiger partial charge in [0.2, 0.25) is 0 Å². The summed E-state index contributed by atoms with van der Waals surface area (Å²) in [7, 11) is 0. The number of benzene rings is 3. The molecule has 0 radical (unpaired) electrons. The molecule has 0 unspecified atom stereocenters. The van der Waals surface area contributed by atoms with Crippen LogP contribution >= 0.6 is 27.5 Å². The molecular formula is C23H15BrClN. The van der Waals surface area contributed by atoms with E-state index in [1.807, 2.05) is 54.6 Å². The van der Waals surface area contributed by atoms with Gasteiger partial charge in [0.1, 0.15) is 0 Å². The van der Waals surface area contributed by atoms with Crippen molar-refractivity contribution in [3.63, 3.8) is 0 Å². The Morgan fingerprint density at radius 2 is 1.23 bits per heavy atom.